The number of halogens is 1. The van der Waals surface area contributed by atoms with E-state index in [4.69, 9.17) is 4.74 Å². The molecule has 1 aliphatic heterocycles. The van der Waals surface area contributed by atoms with Crippen LogP contribution in [0.15, 0.2) is 24.3 Å². The average Bonchev–Trinajstić information content (AvgIpc) is 2.38. The second kappa shape index (κ2) is 6.61. The highest BCUT2D eigenvalue weighted by atomic mass is 35.5. The molecule has 1 heterocycles. The van der Waals surface area contributed by atoms with Crippen LogP contribution in [0.4, 0.5) is 0 Å². The SMILES string of the molecule is COc1ccc(C(=O)N2CCN[C@@H](C)C2)cc1.Cl. The molecule has 1 aliphatic rings. The minimum absolute atomic E-state index is 0. The number of carbonyl (C=O) groups is 1. The lowest BCUT2D eigenvalue weighted by Crippen LogP contribution is -2.51. The Morgan fingerprint density at radius 2 is 2.06 bits per heavy atom. The van der Waals surface area contributed by atoms with E-state index in [0.29, 0.717) is 6.04 Å². The fraction of sp³-hybridized carbons (Fsp3) is 0.462. The maximum atomic E-state index is 12.2. The lowest BCUT2D eigenvalue weighted by molar-refractivity contribution is 0.0709. The number of carbonyl (C=O) groups excluding carboxylic acids is 1. The van der Waals surface area contributed by atoms with Crippen molar-refractivity contribution < 1.29 is 9.53 Å². The Kier molecular flexibility index (Phi) is 5.44. The van der Waals surface area contributed by atoms with Gasteiger partial charge in [-0.1, -0.05) is 0 Å². The summed E-state index contributed by atoms with van der Waals surface area (Å²) in [4.78, 5) is 14.1. The van der Waals surface area contributed by atoms with Gasteiger partial charge in [0.1, 0.15) is 5.75 Å². The number of ether oxygens (including phenoxy) is 1. The van der Waals surface area contributed by atoms with Gasteiger partial charge in [-0.25, -0.2) is 0 Å². The number of rotatable bonds is 2. The van der Waals surface area contributed by atoms with Gasteiger partial charge in [-0.2, -0.15) is 0 Å². The molecular weight excluding hydrogens is 252 g/mol. The summed E-state index contributed by atoms with van der Waals surface area (Å²) >= 11 is 0. The van der Waals surface area contributed by atoms with Gasteiger partial charge in [-0.05, 0) is 31.2 Å². The third-order valence-corrected chi connectivity index (χ3v) is 2.99. The molecule has 4 nitrogen and oxygen atoms in total. The second-order valence-electron chi connectivity index (χ2n) is 4.33. The normalized spacial score (nSPS) is 19.0. The van der Waals surface area contributed by atoms with Gasteiger partial charge in [0, 0.05) is 31.2 Å². The van der Waals surface area contributed by atoms with Crippen LogP contribution < -0.4 is 10.1 Å². The Labute approximate surface area is 114 Å². The first-order chi connectivity index (χ1) is 8.20. The Morgan fingerprint density at radius 3 is 2.61 bits per heavy atom. The Hall–Kier alpha value is -1.26. The smallest absolute Gasteiger partial charge is 0.253 e. The van der Waals surface area contributed by atoms with Crippen molar-refractivity contribution in [1.82, 2.24) is 10.2 Å². The molecule has 0 radical (unpaired) electrons. The summed E-state index contributed by atoms with van der Waals surface area (Å²) in [5, 5.41) is 3.32. The maximum absolute atomic E-state index is 12.2. The summed E-state index contributed by atoms with van der Waals surface area (Å²) in [6, 6.07) is 7.63. The number of benzene rings is 1. The van der Waals surface area contributed by atoms with Crippen LogP contribution in [0.1, 0.15) is 17.3 Å². The summed E-state index contributed by atoms with van der Waals surface area (Å²) in [6.07, 6.45) is 0. The van der Waals surface area contributed by atoms with E-state index in [9.17, 15) is 4.79 Å². The number of nitrogens with zero attached hydrogens (tertiary/aromatic N) is 1. The van der Waals surface area contributed by atoms with Crippen LogP contribution in [-0.2, 0) is 0 Å². The molecule has 18 heavy (non-hydrogen) atoms. The molecule has 0 unspecified atom stereocenters. The zero-order chi connectivity index (χ0) is 12.3. The highest BCUT2D eigenvalue weighted by Crippen LogP contribution is 2.13. The number of piperazine rings is 1. The van der Waals surface area contributed by atoms with E-state index in [1.165, 1.54) is 0 Å². The quantitative estimate of drug-likeness (QED) is 0.887. The zero-order valence-electron chi connectivity index (χ0n) is 10.7. The molecule has 2 rings (SSSR count). The highest BCUT2D eigenvalue weighted by molar-refractivity contribution is 5.94. The summed E-state index contributed by atoms with van der Waals surface area (Å²) in [7, 11) is 1.62. The number of hydrogen-bond donors (Lipinski definition) is 1. The highest BCUT2D eigenvalue weighted by Gasteiger charge is 2.21. The lowest BCUT2D eigenvalue weighted by Gasteiger charge is -2.32. The van der Waals surface area contributed by atoms with Crippen molar-refractivity contribution in [3.8, 4) is 5.75 Å². The van der Waals surface area contributed by atoms with Crippen molar-refractivity contribution >= 4 is 18.3 Å². The molecule has 1 aromatic rings. The van der Waals surface area contributed by atoms with Gasteiger partial charge in [-0.15, -0.1) is 12.4 Å². The topological polar surface area (TPSA) is 41.6 Å². The lowest BCUT2D eigenvalue weighted by atomic mass is 10.1. The van der Waals surface area contributed by atoms with Crippen LogP contribution in [0, 0.1) is 0 Å². The molecule has 100 valence electrons. The molecule has 0 bridgehead atoms. The van der Waals surface area contributed by atoms with Crippen LogP contribution in [0.25, 0.3) is 0 Å². The van der Waals surface area contributed by atoms with Crippen LogP contribution in [0.2, 0.25) is 0 Å². The van der Waals surface area contributed by atoms with Crippen molar-refractivity contribution in [2.75, 3.05) is 26.7 Å². The van der Waals surface area contributed by atoms with Crippen LogP contribution in [0.3, 0.4) is 0 Å². The van der Waals surface area contributed by atoms with Crippen LogP contribution >= 0.6 is 12.4 Å². The summed E-state index contributed by atoms with van der Waals surface area (Å²) in [6.45, 7) is 4.50. The maximum Gasteiger partial charge on any atom is 0.253 e. The van der Waals surface area contributed by atoms with Gasteiger partial charge in [-0.3, -0.25) is 4.79 Å². The van der Waals surface area contributed by atoms with E-state index in [1.807, 2.05) is 29.2 Å². The van der Waals surface area contributed by atoms with Crippen molar-refractivity contribution in [2.45, 2.75) is 13.0 Å². The van der Waals surface area contributed by atoms with Crippen LogP contribution in [0.5, 0.6) is 5.75 Å². The molecule has 5 heteroatoms. The van der Waals surface area contributed by atoms with E-state index >= 15 is 0 Å². The van der Waals surface area contributed by atoms with Gasteiger partial charge in [0.15, 0.2) is 0 Å². The molecule has 0 saturated carbocycles. The van der Waals surface area contributed by atoms with Gasteiger partial charge in [0.2, 0.25) is 0 Å². The largest absolute Gasteiger partial charge is 0.497 e. The fourth-order valence-electron chi connectivity index (χ4n) is 2.03. The molecule has 1 atom stereocenters. The van der Waals surface area contributed by atoms with Gasteiger partial charge in [0.05, 0.1) is 7.11 Å². The second-order valence-corrected chi connectivity index (χ2v) is 4.33. The molecule has 1 N–H and O–H groups in total. The minimum Gasteiger partial charge on any atom is -0.497 e. The summed E-state index contributed by atoms with van der Waals surface area (Å²) < 4.78 is 5.08. The van der Waals surface area contributed by atoms with E-state index in [0.717, 1.165) is 30.9 Å². The Balaban J connectivity index is 0.00000162. The molecule has 1 amide bonds. The van der Waals surface area contributed by atoms with E-state index in [2.05, 4.69) is 12.2 Å². The number of nitrogens with one attached hydrogen (secondary N) is 1. The molecule has 0 aromatic heterocycles. The predicted octanol–water partition coefficient (Wildman–Crippen LogP) is 1.55. The molecule has 1 aromatic carbocycles. The van der Waals surface area contributed by atoms with Crippen molar-refractivity contribution in [3.63, 3.8) is 0 Å². The van der Waals surface area contributed by atoms with Crippen LogP contribution in [-0.4, -0.2) is 43.6 Å². The van der Waals surface area contributed by atoms with E-state index < -0.39 is 0 Å². The van der Waals surface area contributed by atoms with Crippen molar-refractivity contribution in [1.29, 1.82) is 0 Å². The molecular formula is C13H19ClN2O2. The van der Waals surface area contributed by atoms with Crippen molar-refractivity contribution in [3.05, 3.63) is 29.8 Å². The molecule has 1 fully saturated rings. The molecule has 0 aliphatic carbocycles. The van der Waals surface area contributed by atoms with Gasteiger partial charge in [0.25, 0.3) is 5.91 Å². The van der Waals surface area contributed by atoms with Gasteiger partial charge < -0.3 is 15.0 Å². The fourth-order valence-corrected chi connectivity index (χ4v) is 2.03. The number of amides is 1. The Morgan fingerprint density at radius 1 is 1.39 bits per heavy atom. The van der Waals surface area contributed by atoms with Crippen molar-refractivity contribution in [2.24, 2.45) is 0 Å². The van der Waals surface area contributed by atoms with Gasteiger partial charge >= 0.3 is 0 Å². The van der Waals surface area contributed by atoms with E-state index in [1.54, 1.807) is 7.11 Å². The first-order valence-corrected chi connectivity index (χ1v) is 5.87. The first kappa shape index (κ1) is 14.8. The zero-order valence-corrected chi connectivity index (χ0v) is 11.5. The number of methoxy groups -OCH3 is 1. The monoisotopic (exact) mass is 270 g/mol. The average molecular weight is 271 g/mol. The standard InChI is InChI=1S/C13H18N2O2.ClH/c1-10-9-15(8-7-14-10)13(16)11-3-5-12(17-2)6-4-11;/h3-6,10,14H,7-9H2,1-2H3;1H/t10-;/m0./s1. The Bertz CT molecular complexity index is 394. The first-order valence-electron chi connectivity index (χ1n) is 5.87. The molecule has 0 spiro atoms. The minimum atomic E-state index is 0. The number of hydrogen-bond acceptors (Lipinski definition) is 3. The van der Waals surface area contributed by atoms with E-state index in [-0.39, 0.29) is 18.3 Å². The third-order valence-electron chi connectivity index (χ3n) is 2.99. The summed E-state index contributed by atoms with van der Waals surface area (Å²) in [5.74, 6) is 0.872. The predicted molar refractivity (Wildman–Crippen MR) is 73.6 cm³/mol. The summed E-state index contributed by atoms with van der Waals surface area (Å²) in [5.41, 5.74) is 0.722. The third kappa shape index (κ3) is 3.37. The molecule has 1 saturated heterocycles.